The third-order valence-corrected chi connectivity index (χ3v) is 3.97. The summed E-state index contributed by atoms with van der Waals surface area (Å²) in [5, 5.41) is 9.12. The molecular weight excluding hydrogens is 370 g/mol. The molecule has 0 radical (unpaired) electrons. The lowest BCUT2D eigenvalue weighted by Gasteiger charge is -2.20. The number of hydrogen-bond donors (Lipinski definition) is 1. The molecule has 2 aromatic rings. The third-order valence-electron chi connectivity index (χ3n) is 3.97. The van der Waals surface area contributed by atoms with Gasteiger partial charge in [-0.05, 0) is 35.9 Å². The molecule has 0 fully saturated rings. The van der Waals surface area contributed by atoms with Gasteiger partial charge >= 0.3 is 6.18 Å². The van der Waals surface area contributed by atoms with Crippen LogP contribution in [0, 0.1) is 5.82 Å². The Hall–Kier alpha value is -2.94. The Morgan fingerprint density at radius 3 is 2.41 bits per heavy atom. The standard InChI is InChI=1S/C18H13F4NO4/c19-11-3-1-2-10(6-11)9-27-12-4-5-13-14(7-12)17(26)23(16(13)25)8-15(24)18(20,21)22/h1-7,15,24H,8-9H2. The number of imide groups is 1. The highest BCUT2D eigenvalue weighted by Crippen LogP contribution is 2.29. The van der Waals surface area contributed by atoms with E-state index in [9.17, 15) is 27.2 Å². The Labute approximate surface area is 150 Å². The van der Waals surface area contributed by atoms with Crippen molar-refractivity contribution in [3.8, 4) is 5.75 Å². The van der Waals surface area contributed by atoms with Gasteiger partial charge in [-0.2, -0.15) is 13.2 Å². The second-order valence-corrected chi connectivity index (χ2v) is 5.90. The minimum Gasteiger partial charge on any atom is -0.489 e. The number of aliphatic hydroxyl groups excluding tert-OH is 1. The lowest BCUT2D eigenvalue weighted by Crippen LogP contribution is -2.43. The Bertz CT molecular complexity index is 897. The molecule has 5 nitrogen and oxygen atoms in total. The van der Waals surface area contributed by atoms with Crippen LogP contribution < -0.4 is 4.74 Å². The summed E-state index contributed by atoms with van der Waals surface area (Å²) < 4.78 is 56.1. The number of halogens is 4. The van der Waals surface area contributed by atoms with E-state index in [4.69, 9.17) is 9.84 Å². The van der Waals surface area contributed by atoms with Crippen molar-refractivity contribution >= 4 is 11.8 Å². The summed E-state index contributed by atoms with van der Waals surface area (Å²) >= 11 is 0. The van der Waals surface area contributed by atoms with Crippen LogP contribution >= 0.6 is 0 Å². The van der Waals surface area contributed by atoms with E-state index in [1.807, 2.05) is 0 Å². The molecule has 2 amide bonds. The van der Waals surface area contributed by atoms with Crippen LogP contribution in [0.4, 0.5) is 17.6 Å². The van der Waals surface area contributed by atoms with E-state index in [-0.39, 0.29) is 23.5 Å². The van der Waals surface area contributed by atoms with Gasteiger partial charge in [0.15, 0.2) is 6.10 Å². The van der Waals surface area contributed by atoms with Gasteiger partial charge in [0, 0.05) is 0 Å². The zero-order valence-corrected chi connectivity index (χ0v) is 13.7. The van der Waals surface area contributed by atoms with E-state index < -0.39 is 36.5 Å². The number of amides is 2. The first-order chi connectivity index (χ1) is 12.7. The van der Waals surface area contributed by atoms with E-state index in [0.29, 0.717) is 10.5 Å². The molecule has 1 aliphatic heterocycles. The molecule has 1 N–H and O–H groups in total. The van der Waals surface area contributed by atoms with Gasteiger partial charge in [0.2, 0.25) is 0 Å². The van der Waals surface area contributed by atoms with Crippen molar-refractivity contribution < 1.29 is 37.0 Å². The van der Waals surface area contributed by atoms with Gasteiger partial charge in [0.25, 0.3) is 11.8 Å². The lowest BCUT2D eigenvalue weighted by molar-refractivity contribution is -0.204. The largest absolute Gasteiger partial charge is 0.489 e. The Morgan fingerprint density at radius 2 is 1.74 bits per heavy atom. The maximum atomic E-state index is 13.2. The maximum absolute atomic E-state index is 13.2. The topological polar surface area (TPSA) is 66.8 Å². The first-order valence-electron chi connectivity index (χ1n) is 7.79. The molecule has 1 atom stereocenters. The first kappa shape index (κ1) is 18.8. The molecule has 1 aliphatic rings. The number of nitrogens with zero attached hydrogens (tertiary/aromatic N) is 1. The summed E-state index contributed by atoms with van der Waals surface area (Å²) in [6, 6.07) is 9.54. The lowest BCUT2D eigenvalue weighted by atomic mass is 10.1. The first-order valence-corrected chi connectivity index (χ1v) is 7.79. The molecule has 0 aromatic heterocycles. The molecule has 0 spiro atoms. The van der Waals surface area contributed by atoms with Crippen molar-refractivity contribution in [2.24, 2.45) is 0 Å². The van der Waals surface area contributed by atoms with Gasteiger partial charge in [0.1, 0.15) is 18.2 Å². The van der Waals surface area contributed by atoms with E-state index >= 15 is 0 Å². The highest BCUT2D eigenvalue weighted by molar-refractivity contribution is 6.21. The van der Waals surface area contributed by atoms with E-state index in [0.717, 1.165) is 0 Å². The second kappa shape index (κ2) is 6.99. The smallest absolute Gasteiger partial charge is 0.416 e. The summed E-state index contributed by atoms with van der Waals surface area (Å²) in [4.78, 5) is 24.8. The Kier molecular flexibility index (Phi) is 4.88. The number of ether oxygens (including phenoxy) is 1. The number of carbonyl (C=O) groups is 2. The van der Waals surface area contributed by atoms with E-state index in [1.165, 1.54) is 36.4 Å². The summed E-state index contributed by atoms with van der Waals surface area (Å²) in [5.41, 5.74) is 0.339. The monoisotopic (exact) mass is 383 g/mol. The molecular formula is C18H13F4NO4. The minimum absolute atomic E-state index is 0.00478. The van der Waals surface area contributed by atoms with Crippen LogP contribution in [-0.4, -0.2) is 40.6 Å². The van der Waals surface area contributed by atoms with Gasteiger partial charge in [-0.25, -0.2) is 4.39 Å². The van der Waals surface area contributed by atoms with Crippen LogP contribution in [0.25, 0.3) is 0 Å². The molecule has 27 heavy (non-hydrogen) atoms. The number of rotatable bonds is 5. The summed E-state index contributed by atoms with van der Waals surface area (Å²) in [6.07, 6.45) is -7.78. The van der Waals surface area contributed by atoms with Crippen molar-refractivity contribution in [2.45, 2.75) is 18.9 Å². The van der Waals surface area contributed by atoms with Crippen LogP contribution in [0.2, 0.25) is 0 Å². The number of carbonyl (C=O) groups excluding carboxylic acids is 2. The molecule has 9 heteroatoms. The van der Waals surface area contributed by atoms with Crippen LogP contribution in [0.1, 0.15) is 26.3 Å². The quantitative estimate of drug-likeness (QED) is 0.637. The van der Waals surface area contributed by atoms with Crippen LogP contribution in [-0.2, 0) is 6.61 Å². The van der Waals surface area contributed by atoms with Gasteiger partial charge < -0.3 is 9.84 Å². The number of β-amino-alcohol motifs (C(OH)–C–C–N with tert-alkyl or cyclic N) is 1. The molecule has 0 aliphatic carbocycles. The average molecular weight is 383 g/mol. The van der Waals surface area contributed by atoms with Crippen LogP contribution in [0.5, 0.6) is 5.75 Å². The fraction of sp³-hybridized carbons (Fsp3) is 0.222. The zero-order valence-electron chi connectivity index (χ0n) is 13.7. The Morgan fingerprint density at radius 1 is 1.04 bits per heavy atom. The van der Waals surface area contributed by atoms with Crippen molar-refractivity contribution in [1.29, 1.82) is 0 Å². The molecule has 0 bridgehead atoms. The fourth-order valence-electron chi connectivity index (χ4n) is 2.60. The molecule has 0 saturated heterocycles. The zero-order chi connectivity index (χ0) is 19.8. The predicted octanol–water partition coefficient (Wildman–Crippen LogP) is 2.92. The van der Waals surface area contributed by atoms with Gasteiger partial charge in [-0.15, -0.1) is 0 Å². The maximum Gasteiger partial charge on any atom is 0.416 e. The average Bonchev–Trinajstić information content (AvgIpc) is 2.84. The highest BCUT2D eigenvalue weighted by Gasteiger charge is 2.44. The SMILES string of the molecule is O=C1c2ccc(OCc3cccc(F)c3)cc2C(=O)N1CC(O)C(F)(F)F. The van der Waals surface area contributed by atoms with Gasteiger partial charge in [-0.1, -0.05) is 12.1 Å². The van der Waals surface area contributed by atoms with Crippen molar-refractivity contribution in [2.75, 3.05) is 6.54 Å². The molecule has 0 saturated carbocycles. The normalized spacial score (nSPS) is 15.1. The van der Waals surface area contributed by atoms with Crippen molar-refractivity contribution in [1.82, 2.24) is 4.90 Å². The number of fused-ring (bicyclic) bond motifs is 1. The molecule has 1 heterocycles. The third kappa shape index (κ3) is 3.92. The van der Waals surface area contributed by atoms with E-state index in [1.54, 1.807) is 6.07 Å². The molecule has 142 valence electrons. The number of aliphatic hydroxyl groups is 1. The van der Waals surface area contributed by atoms with Crippen molar-refractivity contribution in [3.63, 3.8) is 0 Å². The molecule has 1 unspecified atom stereocenters. The predicted molar refractivity (Wildman–Crippen MR) is 84.6 cm³/mol. The van der Waals surface area contributed by atoms with Crippen molar-refractivity contribution in [3.05, 3.63) is 65.0 Å². The summed E-state index contributed by atoms with van der Waals surface area (Å²) in [5.74, 6) is -2.12. The van der Waals surface area contributed by atoms with Crippen LogP contribution in [0.3, 0.4) is 0 Å². The molecule has 2 aromatic carbocycles. The minimum atomic E-state index is -4.95. The fourth-order valence-corrected chi connectivity index (χ4v) is 2.60. The Balaban J connectivity index is 1.75. The second-order valence-electron chi connectivity index (χ2n) is 5.90. The van der Waals surface area contributed by atoms with Crippen LogP contribution in [0.15, 0.2) is 42.5 Å². The number of hydrogen-bond acceptors (Lipinski definition) is 4. The number of benzene rings is 2. The van der Waals surface area contributed by atoms with E-state index in [2.05, 4.69) is 0 Å². The summed E-state index contributed by atoms with van der Waals surface area (Å²) in [7, 11) is 0. The van der Waals surface area contributed by atoms with Gasteiger partial charge in [-0.3, -0.25) is 14.5 Å². The number of alkyl halides is 3. The van der Waals surface area contributed by atoms with Gasteiger partial charge in [0.05, 0.1) is 17.7 Å². The summed E-state index contributed by atoms with van der Waals surface area (Å²) in [6.45, 7) is -1.19. The highest BCUT2D eigenvalue weighted by atomic mass is 19.4. The molecule has 3 rings (SSSR count).